The standard InChI is InChI=1S/C19H17NO5S3/c1-9-5-6-11-12(7-9)20(10(2)21)8-13(26)14(11)19-27-15(17(22)24-3)16(28-19)18(23)25-4/h5-7H,8H2,1-4H3. The molecule has 146 valence electrons. The molecule has 0 saturated carbocycles. The van der Waals surface area contributed by atoms with Crippen molar-refractivity contribution in [1.29, 1.82) is 0 Å². The van der Waals surface area contributed by atoms with Crippen molar-refractivity contribution in [2.24, 2.45) is 0 Å². The van der Waals surface area contributed by atoms with Crippen molar-refractivity contribution >= 4 is 69.7 Å². The smallest absolute Gasteiger partial charge is 0.346 e. The van der Waals surface area contributed by atoms with Crippen molar-refractivity contribution in [3.05, 3.63) is 43.4 Å². The van der Waals surface area contributed by atoms with Crippen LogP contribution in [0.15, 0.2) is 32.2 Å². The first-order chi connectivity index (χ1) is 13.3. The normalized spacial score (nSPS) is 16.3. The van der Waals surface area contributed by atoms with Gasteiger partial charge in [-0.05, 0) is 18.6 Å². The number of aryl methyl sites for hydroxylation is 1. The van der Waals surface area contributed by atoms with Gasteiger partial charge in [-0.3, -0.25) is 4.79 Å². The van der Waals surface area contributed by atoms with Crippen LogP contribution in [0.5, 0.6) is 0 Å². The summed E-state index contributed by atoms with van der Waals surface area (Å²) in [7, 11) is 2.52. The van der Waals surface area contributed by atoms with Crippen LogP contribution in [0.4, 0.5) is 5.69 Å². The van der Waals surface area contributed by atoms with E-state index < -0.39 is 11.9 Å². The van der Waals surface area contributed by atoms with Crippen molar-refractivity contribution in [3.63, 3.8) is 0 Å². The first-order valence-corrected chi connectivity index (χ1v) is 10.3. The minimum Gasteiger partial charge on any atom is -0.465 e. The van der Waals surface area contributed by atoms with Gasteiger partial charge >= 0.3 is 11.9 Å². The van der Waals surface area contributed by atoms with Crippen molar-refractivity contribution in [2.45, 2.75) is 13.8 Å². The Bertz CT molecular complexity index is 950. The Morgan fingerprint density at radius 3 is 2.14 bits per heavy atom. The number of anilines is 1. The molecule has 1 aromatic rings. The van der Waals surface area contributed by atoms with E-state index in [-0.39, 0.29) is 22.3 Å². The van der Waals surface area contributed by atoms with Crippen LogP contribution >= 0.6 is 35.7 Å². The number of thiocarbonyl (C=S) groups is 1. The maximum Gasteiger partial charge on any atom is 0.346 e. The molecule has 28 heavy (non-hydrogen) atoms. The van der Waals surface area contributed by atoms with E-state index in [9.17, 15) is 14.4 Å². The Morgan fingerprint density at radius 1 is 1.07 bits per heavy atom. The second-order valence-electron chi connectivity index (χ2n) is 6.06. The number of rotatable bonds is 2. The fourth-order valence-electron chi connectivity index (χ4n) is 2.89. The average Bonchev–Trinajstić information content (AvgIpc) is 3.10. The van der Waals surface area contributed by atoms with E-state index in [1.807, 2.05) is 25.1 Å². The van der Waals surface area contributed by atoms with Gasteiger partial charge in [0, 0.05) is 22.9 Å². The molecule has 0 radical (unpaired) electrons. The van der Waals surface area contributed by atoms with Crippen LogP contribution in [-0.2, 0) is 23.9 Å². The van der Waals surface area contributed by atoms with Gasteiger partial charge in [-0.25, -0.2) is 9.59 Å². The number of nitrogens with zero attached hydrogens (tertiary/aromatic N) is 1. The zero-order valence-electron chi connectivity index (χ0n) is 15.7. The van der Waals surface area contributed by atoms with E-state index in [4.69, 9.17) is 21.7 Å². The molecular weight excluding hydrogens is 418 g/mol. The highest BCUT2D eigenvalue weighted by molar-refractivity contribution is 8.29. The third kappa shape index (κ3) is 3.61. The summed E-state index contributed by atoms with van der Waals surface area (Å²) in [5.41, 5.74) is 3.31. The summed E-state index contributed by atoms with van der Waals surface area (Å²) >= 11 is 7.88. The number of benzene rings is 1. The molecule has 0 unspecified atom stereocenters. The number of thioether (sulfide) groups is 2. The summed E-state index contributed by atoms with van der Waals surface area (Å²) in [6, 6.07) is 5.77. The van der Waals surface area contributed by atoms with Crippen LogP contribution in [0, 0.1) is 6.92 Å². The Balaban J connectivity index is 2.15. The first-order valence-electron chi connectivity index (χ1n) is 8.21. The van der Waals surface area contributed by atoms with E-state index in [0.717, 1.165) is 45.9 Å². The number of methoxy groups -OCH3 is 2. The monoisotopic (exact) mass is 435 g/mol. The molecule has 1 amide bonds. The Kier molecular flexibility index (Phi) is 5.97. The lowest BCUT2D eigenvalue weighted by molar-refractivity contribution is -0.138. The SMILES string of the molecule is COC(=O)C1=C(C(=O)OC)SC(=C2C(=S)CN(C(C)=O)c3cc(C)ccc32)S1. The van der Waals surface area contributed by atoms with Gasteiger partial charge in [0.25, 0.3) is 0 Å². The van der Waals surface area contributed by atoms with Gasteiger partial charge in [0.1, 0.15) is 9.81 Å². The Hall–Kier alpha value is -2.10. The number of carbonyl (C=O) groups excluding carboxylic acids is 3. The van der Waals surface area contributed by atoms with Crippen LogP contribution in [0.3, 0.4) is 0 Å². The number of hydrogen-bond acceptors (Lipinski definition) is 8. The molecule has 0 fully saturated rings. The molecule has 0 atom stereocenters. The molecule has 1 aromatic carbocycles. The molecule has 0 aromatic heterocycles. The van der Waals surface area contributed by atoms with Gasteiger partial charge in [-0.15, -0.1) is 0 Å². The largest absolute Gasteiger partial charge is 0.465 e. The van der Waals surface area contributed by atoms with E-state index in [0.29, 0.717) is 9.10 Å². The number of fused-ring (bicyclic) bond motifs is 1. The maximum atomic E-state index is 12.2. The first kappa shape index (κ1) is 20.6. The summed E-state index contributed by atoms with van der Waals surface area (Å²) in [6.45, 7) is 3.71. The molecular formula is C19H17NO5S3. The summed E-state index contributed by atoms with van der Waals surface area (Å²) in [4.78, 5) is 39.0. The molecule has 9 heteroatoms. The lowest BCUT2D eigenvalue weighted by Crippen LogP contribution is -2.38. The Labute approximate surface area is 176 Å². The van der Waals surface area contributed by atoms with Gasteiger partial charge in [-0.1, -0.05) is 47.9 Å². The predicted octanol–water partition coefficient (Wildman–Crippen LogP) is 3.44. The van der Waals surface area contributed by atoms with Crippen LogP contribution in [0.25, 0.3) is 5.57 Å². The summed E-state index contributed by atoms with van der Waals surface area (Å²) in [5, 5.41) is 0. The average molecular weight is 436 g/mol. The molecule has 2 heterocycles. The number of esters is 2. The van der Waals surface area contributed by atoms with Gasteiger partial charge in [-0.2, -0.15) is 0 Å². The summed E-state index contributed by atoms with van der Waals surface area (Å²) < 4.78 is 10.3. The van der Waals surface area contributed by atoms with Gasteiger partial charge in [0.05, 0.1) is 30.7 Å². The molecule has 0 saturated heterocycles. The van der Waals surface area contributed by atoms with Crippen LogP contribution in [0.2, 0.25) is 0 Å². The highest BCUT2D eigenvalue weighted by Gasteiger charge is 2.37. The fraction of sp³-hybridized carbons (Fsp3) is 0.263. The van der Waals surface area contributed by atoms with E-state index in [1.54, 1.807) is 4.90 Å². The zero-order valence-corrected chi connectivity index (χ0v) is 18.1. The number of hydrogen-bond donors (Lipinski definition) is 0. The van der Waals surface area contributed by atoms with E-state index in [2.05, 4.69) is 0 Å². The third-order valence-electron chi connectivity index (χ3n) is 4.22. The number of ether oxygens (including phenoxy) is 2. The minimum absolute atomic E-state index is 0.103. The van der Waals surface area contributed by atoms with Crippen LogP contribution < -0.4 is 4.90 Å². The summed E-state index contributed by atoms with van der Waals surface area (Å²) in [5.74, 6) is -1.32. The van der Waals surface area contributed by atoms with Crippen molar-refractivity contribution < 1.29 is 23.9 Å². The molecule has 0 spiro atoms. The number of carbonyl (C=O) groups is 3. The van der Waals surface area contributed by atoms with Crippen molar-refractivity contribution in [3.8, 4) is 0 Å². The van der Waals surface area contributed by atoms with E-state index in [1.165, 1.54) is 21.1 Å². The minimum atomic E-state index is -0.607. The quantitative estimate of drug-likeness (QED) is 0.397. The van der Waals surface area contributed by atoms with Crippen molar-refractivity contribution in [1.82, 2.24) is 0 Å². The number of amides is 1. The molecule has 2 aliphatic heterocycles. The lowest BCUT2D eigenvalue weighted by atomic mass is 9.95. The second kappa shape index (κ2) is 8.10. The molecule has 3 rings (SSSR count). The Morgan fingerprint density at radius 2 is 1.64 bits per heavy atom. The zero-order chi connectivity index (χ0) is 20.6. The molecule has 0 N–H and O–H groups in total. The lowest BCUT2D eigenvalue weighted by Gasteiger charge is -2.31. The van der Waals surface area contributed by atoms with Crippen LogP contribution in [-0.4, -0.2) is 43.5 Å². The third-order valence-corrected chi connectivity index (χ3v) is 7.11. The second-order valence-corrected chi connectivity index (χ2v) is 8.85. The van der Waals surface area contributed by atoms with Gasteiger partial charge in [0.2, 0.25) is 5.91 Å². The molecule has 6 nitrogen and oxygen atoms in total. The predicted molar refractivity (Wildman–Crippen MR) is 115 cm³/mol. The maximum absolute atomic E-state index is 12.2. The summed E-state index contributed by atoms with van der Waals surface area (Å²) in [6.07, 6.45) is 0. The fourth-order valence-corrected chi connectivity index (χ4v) is 6.01. The highest BCUT2D eigenvalue weighted by Crippen LogP contribution is 2.54. The molecule has 0 bridgehead atoms. The topological polar surface area (TPSA) is 72.9 Å². The highest BCUT2D eigenvalue weighted by atomic mass is 32.2. The van der Waals surface area contributed by atoms with Gasteiger partial charge in [0.15, 0.2) is 0 Å². The molecule has 2 aliphatic rings. The van der Waals surface area contributed by atoms with Crippen LogP contribution in [0.1, 0.15) is 18.1 Å². The molecule has 0 aliphatic carbocycles. The van der Waals surface area contributed by atoms with Crippen molar-refractivity contribution in [2.75, 3.05) is 25.7 Å². The van der Waals surface area contributed by atoms with Gasteiger partial charge < -0.3 is 14.4 Å². The van der Waals surface area contributed by atoms with E-state index >= 15 is 0 Å².